The molecule has 1 saturated heterocycles. The normalized spacial score (nSPS) is 17.9. The minimum absolute atomic E-state index is 0. The van der Waals surface area contributed by atoms with Gasteiger partial charge >= 0.3 is 0 Å². The molecule has 0 bridgehead atoms. The van der Waals surface area contributed by atoms with Gasteiger partial charge in [-0.3, -0.25) is 9.59 Å². The number of anilines is 2. The van der Waals surface area contributed by atoms with E-state index in [1.165, 1.54) is 0 Å². The van der Waals surface area contributed by atoms with E-state index >= 15 is 0 Å². The second kappa shape index (κ2) is 9.50. The largest absolute Gasteiger partial charge is 0.368 e. The fourth-order valence-corrected chi connectivity index (χ4v) is 2.23. The van der Waals surface area contributed by atoms with Gasteiger partial charge in [-0.05, 0) is 50.5 Å². The smallest absolute Gasteiger partial charge is 0.253 e. The lowest BCUT2D eigenvalue weighted by atomic mass is 10.2. The molecule has 1 fully saturated rings. The number of benzene rings is 1. The zero-order valence-electron chi connectivity index (χ0n) is 13.2. The summed E-state index contributed by atoms with van der Waals surface area (Å²) in [5, 5.41) is 5.61. The monoisotopic (exact) mass is 341 g/mol. The van der Waals surface area contributed by atoms with Crippen molar-refractivity contribution in [3.8, 4) is 0 Å². The third kappa shape index (κ3) is 6.56. The Morgan fingerprint density at radius 1 is 1.26 bits per heavy atom. The van der Waals surface area contributed by atoms with Gasteiger partial charge in [-0.15, -0.1) is 12.4 Å². The van der Waals surface area contributed by atoms with E-state index in [1.54, 1.807) is 24.3 Å². The summed E-state index contributed by atoms with van der Waals surface area (Å²) in [6.45, 7) is 2.52. The van der Waals surface area contributed by atoms with E-state index in [-0.39, 0.29) is 36.4 Å². The Bertz CT molecular complexity index is 514. The van der Waals surface area contributed by atoms with Crippen molar-refractivity contribution in [1.29, 1.82) is 0 Å². The number of carbonyl (C=O) groups is 2. The maximum absolute atomic E-state index is 11.9. The molecule has 2 atom stereocenters. The lowest BCUT2D eigenvalue weighted by molar-refractivity contribution is -0.124. The quantitative estimate of drug-likeness (QED) is 0.740. The van der Waals surface area contributed by atoms with Gasteiger partial charge in [-0.25, -0.2) is 0 Å². The molecule has 6 nitrogen and oxygen atoms in total. The number of halogens is 1. The van der Waals surface area contributed by atoms with Crippen molar-refractivity contribution in [1.82, 2.24) is 0 Å². The van der Waals surface area contributed by atoms with E-state index in [1.807, 2.05) is 6.92 Å². The average Bonchev–Trinajstić information content (AvgIpc) is 3.01. The Morgan fingerprint density at radius 2 is 1.87 bits per heavy atom. The molecular formula is C16H24ClN3O3. The van der Waals surface area contributed by atoms with Crippen molar-refractivity contribution in [3.05, 3.63) is 24.3 Å². The highest BCUT2D eigenvalue weighted by atomic mass is 35.5. The van der Waals surface area contributed by atoms with Gasteiger partial charge in [-0.1, -0.05) is 0 Å². The van der Waals surface area contributed by atoms with Crippen molar-refractivity contribution in [2.75, 3.05) is 17.2 Å². The number of amides is 2. The van der Waals surface area contributed by atoms with Crippen LogP contribution in [0.5, 0.6) is 0 Å². The van der Waals surface area contributed by atoms with Crippen molar-refractivity contribution >= 4 is 35.6 Å². The first-order valence-electron chi connectivity index (χ1n) is 7.62. The van der Waals surface area contributed by atoms with Crippen molar-refractivity contribution in [2.45, 2.75) is 44.8 Å². The number of hydrogen-bond donors (Lipinski definition) is 3. The molecule has 23 heavy (non-hydrogen) atoms. The van der Waals surface area contributed by atoms with Crippen LogP contribution >= 0.6 is 12.4 Å². The first kappa shape index (κ1) is 19.4. The standard InChI is InChI=1S/C16H23N3O3.ClH/c1-11(17)4-9-15(20)18-12-5-7-13(8-6-12)19-16(21)14-3-2-10-22-14;/h5-8,11,14H,2-4,9-10,17H2,1H3,(H,18,20)(H,19,21);1H. The molecule has 2 unspecified atom stereocenters. The maximum atomic E-state index is 11.9. The topological polar surface area (TPSA) is 93.5 Å². The fraction of sp³-hybridized carbons (Fsp3) is 0.500. The number of carbonyl (C=O) groups excluding carboxylic acids is 2. The van der Waals surface area contributed by atoms with E-state index in [0.29, 0.717) is 30.8 Å². The van der Waals surface area contributed by atoms with E-state index < -0.39 is 0 Å². The number of nitrogens with two attached hydrogens (primary N) is 1. The van der Waals surface area contributed by atoms with Crippen molar-refractivity contribution in [2.24, 2.45) is 5.73 Å². The molecule has 2 rings (SSSR count). The molecule has 4 N–H and O–H groups in total. The fourth-order valence-electron chi connectivity index (χ4n) is 2.23. The van der Waals surface area contributed by atoms with Gasteiger partial charge in [0.2, 0.25) is 5.91 Å². The molecule has 1 aliphatic rings. The zero-order chi connectivity index (χ0) is 15.9. The van der Waals surface area contributed by atoms with E-state index in [2.05, 4.69) is 10.6 Å². The molecule has 0 saturated carbocycles. The third-order valence-corrected chi connectivity index (χ3v) is 3.49. The van der Waals surface area contributed by atoms with Crippen molar-refractivity contribution in [3.63, 3.8) is 0 Å². The van der Waals surface area contributed by atoms with Crippen LogP contribution in [0.2, 0.25) is 0 Å². The summed E-state index contributed by atoms with van der Waals surface area (Å²) >= 11 is 0. The third-order valence-electron chi connectivity index (χ3n) is 3.49. The van der Waals surface area contributed by atoms with Crippen LogP contribution in [-0.2, 0) is 14.3 Å². The molecule has 128 valence electrons. The first-order valence-corrected chi connectivity index (χ1v) is 7.62. The summed E-state index contributed by atoms with van der Waals surface area (Å²) in [7, 11) is 0. The second-order valence-corrected chi connectivity index (χ2v) is 5.63. The van der Waals surface area contributed by atoms with Crippen LogP contribution in [0.25, 0.3) is 0 Å². The molecule has 2 amide bonds. The number of ether oxygens (including phenoxy) is 1. The molecular weight excluding hydrogens is 318 g/mol. The minimum Gasteiger partial charge on any atom is -0.368 e. The zero-order valence-corrected chi connectivity index (χ0v) is 14.0. The Hall–Kier alpha value is -1.63. The predicted molar refractivity (Wildman–Crippen MR) is 92.8 cm³/mol. The summed E-state index contributed by atoms with van der Waals surface area (Å²) in [6, 6.07) is 7.05. The van der Waals surface area contributed by atoms with Gasteiger partial charge in [0.25, 0.3) is 5.91 Å². The van der Waals surface area contributed by atoms with E-state index in [9.17, 15) is 9.59 Å². The van der Waals surface area contributed by atoms with Gasteiger partial charge in [-0.2, -0.15) is 0 Å². The minimum atomic E-state index is -0.349. The highest BCUT2D eigenvalue weighted by Crippen LogP contribution is 2.17. The SMILES string of the molecule is CC(N)CCC(=O)Nc1ccc(NC(=O)C2CCCO2)cc1.Cl. The highest BCUT2D eigenvalue weighted by Gasteiger charge is 2.23. The Morgan fingerprint density at radius 3 is 2.39 bits per heavy atom. The van der Waals surface area contributed by atoms with Crippen LogP contribution in [0.3, 0.4) is 0 Å². The van der Waals surface area contributed by atoms with Gasteiger partial charge < -0.3 is 21.1 Å². The number of rotatable bonds is 6. The molecule has 1 heterocycles. The molecule has 0 aromatic heterocycles. The average molecular weight is 342 g/mol. The summed E-state index contributed by atoms with van der Waals surface area (Å²) in [6.07, 6.45) is 2.39. The first-order chi connectivity index (χ1) is 10.5. The molecule has 0 spiro atoms. The van der Waals surface area contributed by atoms with E-state index in [0.717, 1.165) is 12.8 Å². The van der Waals surface area contributed by atoms with Crippen LogP contribution < -0.4 is 16.4 Å². The van der Waals surface area contributed by atoms with Crippen LogP contribution in [0, 0.1) is 0 Å². The predicted octanol–water partition coefficient (Wildman–Crippen LogP) is 2.29. The lowest BCUT2D eigenvalue weighted by Crippen LogP contribution is -2.26. The number of nitrogens with one attached hydrogen (secondary N) is 2. The molecule has 1 aliphatic heterocycles. The molecule has 1 aromatic rings. The molecule has 0 radical (unpaired) electrons. The Kier molecular flexibility index (Phi) is 8.02. The Balaban J connectivity index is 0.00000264. The molecule has 1 aromatic carbocycles. The van der Waals surface area contributed by atoms with Gasteiger partial charge in [0.15, 0.2) is 0 Å². The van der Waals surface area contributed by atoms with Crippen LogP contribution in [0.1, 0.15) is 32.6 Å². The van der Waals surface area contributed by atoms with Gasteiger partial charge in [0.1, 0.15) is 6.10 Å². The second-order valence-electron chi connectivity index (χ2n) is 5.63. The lowest BCUT2D eigenvalue weighted by Gasteiger charge is -2.11. The molecule has 0 aliphatic carbocycles. The van der Waals surface area contributed by atoms with E-state index in [4.69, 9.17) is 10.5 Å². The number of hydrogen-bond acceptors (Lipinski definition) is 4. The summed E-state index contributed by atoms with van der Waals surface area (Å²) in [4.78, 5) is 23.6. The summed E-state index contributed by atoms with van der Waals surface area (Å²) < 4.78 is 5.33. The maximum Gasteiger partial charge on any atom is 0.253 e. The highest BCUT2D eigenvalue weighted by molar-refractivity contribution is 5.95. The summed E-state index contributed by atoms with van der Waals surface area (Å²) in [5.74, 6) is -0.181. The van der Waals surface area contributed by atoms with Crippen molar-refractivity contribution < 1.29 is 14.3 Å². The summed E-state index contributed by atoms with van der Waals surface area (Å²) in [5.41, 5.74) is 7.01. The van der Waals surface area contributed by atoms with Gasteiger partial charge in [0, 0.05) is 30.4 Å². The van der Waals surface area contributed by atoms with Crippen LogP contribution in [0.4, 0.5) is 11.4 Å². The molecule has 7 heteroatoms. The van der Waals surface area contributed by atoms with Crippen LogP contribution in [0.15, 0.2) is 24.3 Å². The van der Waals surface area contributed by atoms with Gasteiger partial charge in [0.05, 0.1) is 0 Å². The van der Waals surface area contributed by atoms with Crippen LogP contribution in [-0.4, -0.2) is 30.6 Å². The Labute approximate surface area is 142 Å².